The van der Waals surface area contributed by atoms with E-state index in [4.69, 9.17) is 0 Å². The molecule has 1 saturated carbocycles. The highest BCUT2D eigenvalue weighted by molar-refractivity contribution is 6.07. The molecule has 5 heteroatoms. The first-order chi connectivity index (χ1) is 9.18. The van der Waals surface area contributed by atoms with Crippen LogP contribution in [-0.2, 0) is 11.0 Å². The van der Waals surface area contributed by atoms with E-state index in [1.165, 1.54) is 12.1 Å². The molecule has 0 atom stereocenters. The number of benzene rings is 1. The third-order valence-corrected chi connectivity index (χ3v) is 3.62. The summed E-state index contributed by atoms with van der Waals surface area (Å²) in [4.78, 5) is 16.1. The molecule has 1 aliphatic rings. The van der Waals surface area contributed by atoms with Gasteiger partial charge in [-0.2, -0.15) is 13.2 Å². The highest BCUT2D eigenvalue weighted by Gasteiger charge is 2.33. The molecule has 0 N–H and O–H groups in total. The molecule has 1 aliphatic carbocycles. The lowest BCUT2D eigenvalue weighted by Gasteiger charge is -2.28. The number of carbonyl (C=O) groups excluding carboxylic acids is 1. The maximum absolute atomic E-state index is 12.6. The van der Waals surface area contributed by atoms with Crippen molar-refractivity contribution < 1.29 is 18.0 Å². The normalized spacial score (nSPS) is 21.2. The first kappa shape index (κ1) is 14.8. The number of alkyl halides is 3. The second-order valence-electron chi connectivity index (χ2n) is 5.71. The van der Waals surface area contributed by atoms with E-state index in [0.717, 1.165) is 12.1 Å². The molecule has 0 heterocycles. The average Bonchev–Trinajstić information content (AvgIpc) is 2.34. The van der Waals surface area contributed by atoms with E-state index in [0.29, 0.717) is 18.6 Å². The van der Waals surface area contributed by atoms with Gasteiger partial charge in [0.15, 0.2) is 0 Å². The fraction of sp³-hybridized carbons (Fsp3) is 0.467. The molecule has 0 bridgehead atoms. The number of nitrogens with zero attached hydrogens (tertiary/aromatic N) is 1. The molecule has 0 unspecified atom stereocenters. The van der Waals surface area contributed by atoms with E-state index in [-0.39, 0.29) is 23.3 Å². The average molecular weight is 283 g/mol. The van der Waals surface area contributed by atoms with Gasteiger partial charge in [0.05, 0.1) is 11.3 Å². The van der Waals surface area contributed by atoms with Crippen LogP contribution in [0.25, 0.3) is 0 Å². The third kappa shape index (κ3) is 3.26. The lowest BCUT2D eigenvalue weighted by molar-refractivity contribution is -0.137. The SMILES string of the molecule is CC1(C)CCC(=Nc2cccc(C(F)(F)F)c2)CC1=O. The Kier molecular flexibility index (Phi) is 3.71. The van der Waals surface area contributed by atoms with Crippen LogP contribution in [0.4, 0.5) is 18.9 Å². The van der Waals surface area contributed by atoms with Crippen LogP contribution in [0.1, 0.15) is 38.7 Å². The number of hydrogen-bond donors (Lipinski definition) is 0. The van der Waals surface area contributed by atoms with Crippen molar-refractivity contribution >= 4 is 17.2 Å². The van der Waals surface area contributed by atoms with E-state index < -0.39 is 11.7 Å². The predicted molar refractivity (Wildman–Crippen MR) is 71.2 cm³/mol. The molecule has 0 spiro atoms. The van der Waals surface area contributed by atoms with Crippen LogP contribution >= 0.6 is 0 Å². The van der Waals surface area contributed by atoms with Crippen LogP contribution in [0.2, 0.25) is 0 Å². The van der Waals surface area contributed by atoms with E-state index >= 15 is 0 Å². The van der Waals surface area contributed by atoms with E-state index in [1.807, 2.05) is 13.8 Å². The number of hydrogen-bond acceptors (Lipinski definition) is 2. The molecule has 2 nitrogen and oxygen atoms in total. The molecule has 0 aromatic heterocycles. The largest absolute Gasteiger partial charge is 0.416 e. The zero-order valence-corrected chi connectivity index (χ0v) is 11.4. The van der Waals surface area contributed by atoms with E-state index in [2.05, 4.69) is 4.99 Å². The van der Waals surface area contributed by atoms with Gasteiger partial charge in [0.2, 0.25) is 0 Å². The summed E-state index contributed by atoms with van der Waals surface area (Å²) in [5.41, 5.74) is -0.162. The van der Waals surface area contributed by atoms with Crippen LogP contribution in [0.5, 0.6) is 0 Å². The number of carbonyl (C=O) groups is 1. The lowest BCUT2D eigenvalue weighted by atomic mass is 9.75. The van der Waals surface area contributed by atoms with Gasteiger partial charge in [0.25, 0.3) is 0 Å². The molecule has 2 rings (SSSR count). The van der Waals surface area contributed by atoms with Crippen molar-refractivity contribution in [3.63, 3.8) is 0 Å². The van der Waals surface area contributed by atoms with Crippen molar-refractivity contribution in [3.8, 4) is 0 Å². The molecule has 0 amide bonds. The Morgan fingerprint density at radius 2 is 1.95 bits per heavy atom. The van der Waals surface area contributed by atoms with Gasteiger partial charge in [-0.3, -0.25) is 9.79 Å². The Morgan fingerprint density at radius 1 is 1.25 bits per heavy atom. The number of aliphatic imine (C=N–C) groups is 1. The Morgan fingerprint density at radius 3 is 2.55 bits per heavy atom. The number of Topliss-reactive ketones (excluding diaryl/α,β-unsaturated/α-hetero) is 1. The molecule has 0 aliphatic heterocycles. The number of ketones is 1. The molecule has 1 aromatic rings. The second-order valence-corrected chi connectivity index (χ2v) is 5.71. The van der Waals surface area contributed by atoms with Crippen molar-refractivity contribution in [2.75, 3.05) is 0 Å². The van der Waals surface area contributed by atoms with Crippen molar-refractivity contribution in [2.45, 2.75) is 39.3 Å². The predicted octanol–water partition coefficient (Wildman–Crippen LogP) is 4.56. The minimum Gasteiger partial charge on any atom is -0.299 e. The smallest absolute Gasteiger partial charge is 0.299 e. The lowest BCUT2D eigenvalue weighted by Crippen LogP contribution is -2.32. The van der Waals surface area contributed by atoms with E-state index in [9.17, 15) is 18.0 Å². The fourth-order valence-corrected chi connectivity index (χ4v) is 2.14. The van der Waals surface area contributed by atoms with Gasteiger partial charge < -0.3 is 0 Å². The van der Waals surface area contributed by atoms with Crippen LogP contribution < -0.4 is 0 Å². The summed E-state index contributed by atoms with van der Waals surface area (Å²) in [7, 11) is 0. The monoisotopic (exact) mass is 283 g/mol. The summed E-state index contributed by atoms with van der Waals surface area (Å²) < 4.78 is 37.8. The zero-order valence-electron chi connectivity index (χ0n) is 11.4. The van der Waals surface area contributed by atoms with Gasteiger partial charge in [0.1, 0.15) is 5.78 Å². The molecular weight excluding hydrogens is 267 g/mol. The Balaban J connectivity index is 2.22. The minimum absolute atomic E-state index is 0.0921. The van der Waals surface area contributed by atoms with Gasteiger partial charge >= 0.3 is 6.18 Å². The summed E-state index contributed by atoms with van der Waals surface area (Å²) in [6, 6.07) is 4.87. The van der Waals surface area contributed by atoms with E-state index in [1.54, 1.807) is 0 Å². The molecule has 20 heavy (non-hydrogen) atoms. The summed E-state index contributed by atoms with van der Waals surface area (Å²) in [6.45, 7) is 3.77. The van der Waals surface area contributed by atoms with Crippen LogP contribution in [-0.4, -0.2) is 11.5 Å². The van der Waals surface area contributed by atoms with Gasteiger partial charge in [-0.1, -0.05) is 19.9 Å². The van der Waals surface area contributed by atoms with Crippen LogP contribution in [0.3, 0.4) is 0 Å². The summed E-state index contributed by atoms with van der Waals surface area (Å²) in [5, 5.41) is 0. The topological polar surface area (TPSA) is 29.4 Å². The first-order valence-electron chi connectivity index (χ1n) is 6.45. The van der Waals surface area contributed by atoms with Crippen molar-refractivity contribution in [1.82, 2.24) is 0 Å². The van der Waals surface area contributed by atoms with Crippen LogP contribution in [0, 0.1) is 5.41 Å². The Hall–Kier alpha value is -1.65. The molecular formula is C15H16F3NO. The van der Waals surface area contributed by atoms with Gasteiger partial charge in [-0.25, -0.2) is 0 Å². The van der Waals surface area contributed by atoms with Gasteiger partial charge in [-0.15, -0.1) is 0 Å². The molecule has 0 saturated heterocycles. The standard InChI is InChI=1S/C15H16F3NO/c1-14(2)7-6-12(9-13(14)20)19-11-5-3-4-10(8-11)15(16,17)18/h3-5,8H,6-7,9H2,1-2H3. The maximum Gasteiger partial charge on any atom is 0.416 e. The summed E-state index contributed by atoms with van der Waals surface area (Å²) >= 11 is 0. The Bertz CT molecular complexity index is 558. The molecule has 1 fully saturated rings. The zero-order chi connectivity index (χ0) is 15.0. The van der Waals surface area contributed by atoms with Crippen molar-refractivity contribution in [1.29, 1.82) is 0 Å². The fourth-order valence-electron chi connectivity index (χ4n) is 2.14. The first-order valence-corrected chi connectivity index (χ1v) is 6.45. The van der Waals surface area contributed by atoms with Crippen molar-refractivity contribution in [3.05, 3.63) is 29.8 Å². The number of halogens is 3. The molecule has 1 aromatic carbocycles. The second kappa shape index (κ2) is 5.04. The maximum atomic E-state index is 12.6. The molecule has 0 radical (unpaired) electrons. The molecule has 108 valence electrons. The third-order valence-electron chi connectivity index (χ3n) is 3.62. The van der Waals surface area contributed by atoms with Crippen molar-refractivity contribution in [2.24, 2.45) is 10.4 Å². The number of rotatable bonds is 1. The highest BCUT2D eigenvalue weighted by atomic mass is 19.4. The van der Waals surface area contributed by atoms with Gasteiger partial charge in [-0.05, 0) is 31.0 Å². The highest BCUT2D eigenvalue weighted by Crippen LogP contribution is 2.34. The summed E-state index contributed by atoms with van der Waals surface area (Å²) in [5.74, 6) is 0.0921. The van der Waals surface area contributed by atoms with Crippen LogP contribution in [0.15, 0.2) is 29.3 Å². The quantitative estimate of drug-likeness (QED) is 0.743. The summed E-state index contributed by atoms with van der Waals surface area (Å²) in [6.07, 6.45) is -2.82. The van der Waals surface area contributed by atoms with Gasteiger partial charge in [0, 0.05) is 17.5 Å². The Labute approximate surface area is 115 Å². The minimum atomic E-state index is -4.37.